The summed E-state index contributed by atoms with van der Waals surface area (Å²) < 4.78 is 0. The lowest BCUT2D eigenvalue weighted by Gasteiger charge is -2.06. The Kier molecular flexibility index (Phi) is 5.03. The van der Waals surface area contributed by atoms with Gasteiger partial charge in [-0.3, -0.25) is 0 Å². The van der Waals surface area contributed by atoms with Crippen molar-refractivity contribution < 1.29 is 0 Å². The lowest BCUT2D eigenvalue weighted by atomic mass is 10.0. The van der Waals surface area contributed by atoms with Crippen molar-refractivity contribution in [2.45, 2.75) is 41.5 Å². The van der Waals surface area contributed by atoms with Crippen LogP contribution in [-0.4, -0.2) is 0 Å². The predicted octanol–water partition coefficient (Wildman–Crippen LogP) is 6.38. The van der Waals surface area contributed by atoms with Gasteiger partial charge in [0.05, 0.1) is 0 Å². The first kappa shape index (κ1) is 16.3. The third-order valence-electron chi connectivity index (χ3n) is 4.69. The number of fused-ring (bicyclic) bond motifs is 1. The van der Waals surface area contributed by atoms with Crippen molar-refractivity contribution in [3.05, 3.63) is 81.9 Å². The molecule has 3 aromatic carbocycles. The van der Waals surface area contributed by atoms with Crippen LogP contribution in [0.25, 0.3) is 10.8 Å². The van der Waals surface area contributed by atoms with Gasteiger partial charge in [0, 0.05) is 0 Å². The normalized spacial score (nSPS) is 10.3. The van der Waals surface area contributed by atoms with Crippen LogP contribution in [0.2, 0.25) is 0 Å². The fourth-order valence-electron chi connectivity index (χ4n) is 2.69. The molecule has 0 aromatic heterocycles. The monoisotopic (exact) mass is 290 g/mol. The molecule has 0 saturated carbocycles. The van der Waals surface area contributed by atoms with Crippen LogP contribution in [0.15, 0.2) is 48.5 Å². The third-order valence-corrected chi connectivity index (χ3v) is 4.69. The molecule has 0 saturated heterocycles. The van der Waals surface area contributed by atoms with Crippen LogP contribution >= 0.6 is 0 Å². The number of hydrogen-bond donors (Lipinski definition) is 0. The smallest absolute Gasteiger partial charge is 0.0152 e. The Hall–Kier alpha value is -2.08. The number of rotatable bonds is 0. The van der Waals surface area contributed by atoms with Crippen molar-refractivity contribution in [1.82, 2.24) is 0 Å². The Balaban J connectivity index is 0.000000164. The van der Waals surface area contributed by atoms with Crippen molar-refractivity contribution in [2.75, 3.05) is 0 Å². The zero-order chi connectivity index (χ0) is 16.3. The maximum absolute atomic E-state index is 2.18. The molecule has 0 atom stereocenters. The average Bonchev–Trinajstić information content (AvgIpc) is 2.54. The highest BCUT2D eigenvalue weighted by Gasteiger charge is 1.98. The van der Waals surface area contributed by atoms with Crippen LogP contribution in [0.5, 0.6) is 0 Å². The molecule has 0 aliphatic rings. The number of benzene rings is 3. The van der Waals surface area contributed by atoms with Gasteiger partial charge < -0.3 is 0 Å². The van der Waals surface area contributed by atoms with Gasteiger partial charge >= 0.3 is 0 Å². The Labute approximate surface area is 134 Å². The number of aryl methyl sites for hydroxylation is 4. The molecule has 0 nitrogen and oxygen atoms in total. The molecule has 0 heterocycles. The fourth-order valence-corrected chi connectivity index (χ4v) is 2.69. The Bertz CT molecular complexity index is 727. The second-order valence-electron chi connectivity index (χ2n) is 6.19. The highest BCUT2D eigenvalue weighted by Crippen LogP contribution is 2.21. The second-order valence-corrected chi connectivity index (χ2v) is 6.19. The standard InChI is InChI=1S/C12H12.C10H14/c1-9-7-8-10(2)12-6-4-3-5-11(9)12;1-7-5-6-8(2)10(4)9(7)3/h3-8H,1-2H3;5-6H,1-4H3. The van der Waals surface area contributed by atoms with Gasteiger partial charge in [-0.15, -0.1) is 0 Å². The van der Waals surface area contributed by atoms with Crippen LogP contribution in [-0.2, 0) is 0 Å². The van der Waals surface area contributed by atoms with Gasteiger partial charge in [0.2, 0.25) is 0 Å². The van der Waals surface area contributed by atoms with Crippen molar-refractivity contribution in [3.63, 3.8) is 0 Å². The van der Waals surface area contributed by atoms with E-state index in [1.54, 1.807) is 0 Å². The quantitative estimate of drug-likeness (QED) is 0.451. The highest BCUT2D eigenvalue weighted by molar-refractivity contribution is 5.88. The maximum atomic E-state index is 2.18. The molecule has 0 unspecified atom stereocenters. The summed E-state index contributed by atoms with van der Waals surface area (Å²) in [6, 6.07) is 17.3. The summed E-state index contributed by atoms with van der Waals surface area (Å²) >= 11 is 0. The van der Waals surface area contributed by atoms with Gasteiger partial charge in [-0.1, -0.05) is 48.5 Å². The lowest BCUT2D eigenvalue weighted by molar-refractivity contribution is 1.22. The van der Waals surface area contributed by atoms with Crippen LogP contribution in [0, 0.1) is 41.5 Å². The van der Waals surface area contributed by atoms with Crippen LogP contribution in [0.1, 0.15) is 33.4 Å². The van der Waals surface area contributed by atoms with Crippen molar-refractivity contribution in [3.8, 4) is 0 Å². The SMILES string of the molecule is Cc1ccc(C)c(C)c1C.Cc1ccc(C)c2ccccc12. The van der Waals surface area contributed by atoms with Crippen molar-refractivity contribution in [2.24, 2.45) is 0 Å². The summed E-state index contributed by atoms with van der Waals surface area (Å²) in [5.74, 6) is 0. The first-order valence-electron chi connectivity index (χ1n) is 7.90. The molecule has 0 amide bonds. The summed E-state index contributed by atoms with van der Waals surface area (Å²) in [5, 5.41) is 2.75. The van der Waals surface area contributed by atoms with Gasteiger partial charge in [0.1, 0.15) is 0 Å². The molecule has 0 radical (unpaired) electrons. The molecule has 0 aliphatic carbocycles. The van der Waals surface area contributed by atoms with Crippen molar-refractivity contribution in [1.29, 1.82) is 0 Å². The molecule has 114 valence electrons. The Morgan fingerprint density at radius 1 is 0.409 bits per heavy atom. The lowest BCUT2D eigenvalue weighted by Crippen LogP contribution is -1.88. The van der Waals surface area contributed by atoms with E-state index >= 15 is 0 Å². The average molecular weight is 290 g/mol. The minimum absolute atomic E-state index is 1.36. The Morgan fingerprint density at radius 3 is 1.09 bits per heavy atom. The Morgan fingerprint density at radius 2 is 0.727 bits per heavy atom. The van der Waals surface area contributed by atoms with E-state index < -0.39 is 0 Å². The van der Waals surface area contributed by atoms with Gasteiger partial charge in [0.25, 0.3) is 0 Å². The maximum Gasteiger partial charge on any atom is -0.0152 e. The van der Waals surface area contributed by atoms with Gasteiger partial charge in [-0.2, -0.15) is 0 Å². The van der Waals surface area contributed by atoms with E-state index in [4.69, 9.17) is 0 Å². The predicted molar refractivity (Wildman–Crippen MR) is 98.8 cm³/mol. The molecular formula is C22H26. The highest BCUT2D eigenvalue weighted by atomic mass is 14.0. The fraction of sp³-hybridized carbons (Fsp3) is 0.273. The van der Waals surface area contributed by atoms with E-state index in [0.717, 1.165) is 0 Å². The summed E-state index contributed by atoms with van der Waals surface area (Å²) in [5.41, 5.74) is 8.36. The molecule has 0 fully saturated rings. The first-order valence-corrected chi connectivity index (χ1v) is 7.90. The van der Waals surface area contributed by atoms with E-state index in [1.165, 1.54) is 44.2 Å². The van der Waals surface area contributed by atoms with E-state index in [1.807, 2.05) is 0 Å². The molecule has 0 aliphatic heterocycles. The zero-order valence-electron chi connectivity index (χ0n) is 14.6. The van der Waals surface area contributed by atoms with Gasteiger partial charge in [0.15, 0.2) is 0 Å². The van der Waals surface area contributed by atoms with Crippen LogP contribution in [0.3, 0.4) is 0 Å². The van der Waals surface area contributed by atoms with E-state index in [0.29, 0.717) is 0 Å². The molecule has 0 spiro atoms. The van der Waals surface area contributed by atoms with E-state index in [2.05, 4.69) is 90.1 Å². The minimum Gasteiger partial charge on any atom is -0.0616 e. The van der Waals surface area contributed by atoms with E-state index in [9.17, 15) is 0 Å². The molecule has 0 N–H and O–H groups in total. The minimum atomic E-state index is 1.36. The largest absolute Gasteiger partial charge is 0.0616 e. The summed E-state index contributed by atoms with van der Waals surface area (Å²) in [7, 11) is 0. The summed E-state index contributed by atoms with van der Waals surface area (Å²) in [6.07, 6.45) is 0. The van der Waals surface area contributed by atoms with Gasteiger partial charge in [-0.25, -0.2) is 0 Å². The second kappa shape index (κ2) is 6.79. The number of hydrogen-bond acceptors (Lipinski definition) is 0. The molecule has 3 rings (SSSR count). The van der Waals surface area contributed by atoms with Crippen LogP contribution < -0.4 is 0 Å². The first-order chi connectivity index (χ1) is 10.4. The molecule has 0 heteroatoms. The van der Waals surface area contributed by atoms with E-state index in [-0.39, 0.29) is 0 Å². The molecular weight excluding hydrogens is 264 g/mol. The third kappa shape index (κ3) is 3.39. The zero-order valence-corrected chi connectivity index (χ0v) is 14.6. The van der Waals surface area contributed by atoms with Crippen LogP contribution in [0.4, 0.5) is 0 Å². The summed E-state index contributed by atoms with van der Waals surface area (Å²) in [4.78, 5) is 0. The van der Waals surface area contributed by atoms with Crippen molar-refractivity contribution >= 4 is 10.8 Å². The van der Waals surface area contributed by atoms with Gasteiger partial charge in [-0.05, 0) is 85.7 Å². The molecule has 0 bridgehead atoms. The molecule has 22 heavy (non-hydrogen) atoms. The topological polar surface area (TPSA) is 0 Å². The molecule has 3 aromatic rings. The summed E-state index contributed by atoms with van der Waals surface area (Å²) in [6.45, 7) is 13.0.